The van der Waals surface area contributed by atoms with E-state index in [1.807, 2.05) is 0 Å². The largest absolute Gasteiger partial charge is 0.303 e. The van der Waals surface area contributed by atoms with Crippen LogP contribution in [0.5, 0.6) is 0 Å². The van der Waals surface area contributed by atoms with Crippen LogP contribution in [0.25, 0.3) is 0 Å². The molecule has 0 atom stereocenters. The third kappa shape index (κ3) is 3.57. The molecule has 0 unspecified atom stereocenters. The summed E-state index contributed by atoms with van der Waals surface area (Å²) in [6, 6.07) is 0. The number of hydrogen-bond donors (Lipinski definition) is 0. The van der Waals surface area contributed by atoms with Crippen LogP contribution in [0.1, 0.15) is 40.5 Å². The minimum atomic E-state index is 0.473. The van der Waals surface area contributed by atoms with Crippen molar-refractivity contribution in [3.05, 3.63) is 0 Å². The molecule has 0 saturated carbocycles. The molecular formula is C11H23N. The van der Waals surface area contributed by atoms with Crippen molar-refractivity contribution in [1.29, 1.82) is 0 Å². The molecular weight excluding hydrogens is 146 g/mol. The number of likely N-dealkylation sites (tertiary alicyclic amines) is 1. The minimum absolute atomic E-state index is 0.473. The van der Waals surface area contributed by atoms with Crippen LogP contribution in [0.15, 0.2) is 0 Å². The van der Waals surface area contributed by atoms with Crippen molar-refractivity contribution in [3.8, 4) is 0 Å². The molecule has 1 aliphatic heterocycles. The predicted octanol–water partition coefficient (Wildman–Crippen LogP) is 2.76. The first-order valence-electron chi connectivity index (χ1n) is 5.20. The Hall–Kier alpha value is -0.0400. The molecule has 0 N–H and O–H groups in total. The first kappa shape index (κ1) is 10.0. The molecule has 1 aliphatic rings. The van der Waals surface area contributed by atoms with Gasteiger partial charge in [-0.1, -0.05) is 27.7 Å². The molecule has 0 aromatic carbocycles. The number of nitrogens with zero attached hydrogens (tertiary/aromatic N) is 1. The van der Waals surface area contributed by atoms with E-state index in [9.17, 15) is 0 Å². The quantitative estimate of drug-likeness (QED) is 0.583. The predicted molar refractivity (Wildman–Crippen MR) is 54.3 cm³/mol. The van der Waals surface area contributed by atoms with Gasteiger partial charge in [-0.3, -0.25) is 0 Å². The Labute approximate surface area is 77.1 Å². The van der Waals surface area contributed by atoms with Gasteiger partial charge in [-0.05, 0) is 37.3 Å². The van der Waals surface area contributed by atoms with E-state index in [2.05, 4.69) is 32.6 Å². The van der Waals surface area contributed by atoms with E-state index < -0.39 is 0 Å². The lowest BCUT2D eigenvalue weighted by atomic mass is 9.93. The lowest BCUT2D eigenvalue weighted by molar-refractivity contribution is 0.141. The number of piperidine rings is 1. The van der Waals surface area contributed by atoms with Gasteiger partial charge in [0.05, 0.1) is 0 Å². The van der Waals surface area contributed by atoms with Gasteiger partial charge >= 0.3 is 0 Å². The van der Waals surface area contributed by atoms with Gasteiger partial charge in [-0.15, -0.1) is 0 Å². The Kier molecular flexibility index (Phi) is 3.16. The van der Waals surface area contributed by atoms with Crippen molar-refractivity contribution in [1.82, 2.24) is 4.90 Å². The van der Waals surface area contributed by atoms with Gasteiger partial charge in [0.1, 0.15) is 0 Å². The van der Waals surface area contributed by atoms with Gasteiger partial charge in [-0.25, -0.2) is 0 Å². The van der Waals surface area contributed by atoms with Gasteiger partial charge in [0, 0.05) is 6.54 Å². The zero-order valence-electron chi connectivity index (χ0n) is 9.06. The zero-order valence-corrected chi connectivity index (χ0v) is 9.06. The van der Waals surface area contributed by atoms with E-state index in [-0.39, 0.29) is 0 Å². The highest BCUT2D eigenvalue weighted by atomic mass is 15.1. The van der Waals surface area contributed by atoms with Crippen molar-refractivity contribution in [2.45, 2.75) is 40.5 Å². The van der Waals surface area contributed by atoms with Crippen LogP contribution in [-0.4, -0.2) is 24.5 Å². The third-order valence-electron chi connectivity index (χ3n) is 2.57. The molecule has 0 aliphatic carbocycles. The average Bonchev–Trinajstić information content (AvgIpc) is 1.91. The lowest BCUT2D eigenvalue weighted by Crippen LogP contribution is -2.38. The average molecular weight is 169 g/mol. The van der Waals surface area contributed by atoms with E-state index in [0.717, 1.165) is 5.92 Å². The maximum Gasteiger partial charge on any atom is 0.00300 e. The van der Waals surface area contributed by atoms with Crippen LogP contribution in [-0.2, 0) is 0 Å². The van der Waals surface area contributed by atoms with Crippen molar-refractivity contribution < 1.29 is 0 Å². The smallest absolute Gasteiger partial charge is 0.00300 e. The first-order chi connectivity index (χ1) is 5.47. The van der Waals surface area contributed by atoms with E-state index >= 15 is 0 Å². The van der Waals surface area contributed by atoms with Crippen LogP contribution < -0.4 is 0 Å². The number of rotatable bonds is 1. The summed E-state index contributed by atoms with van der Waals surface area (Å²) in [4.78, 5) is 2.61. The van der Waals surface area contributed by atoms with E-state index in [4.69, 9.17) is 0 Å². The van der Waals surface area contributed by atoms with Gasteiger partial charge in [0.15, 0.2) is 0 Å². The molecule has 0 amide bonds. The summed E-state index contributed by atoms with van der Waals surface area (Å²) in [6.07, 6.45) is 2.80. The molecule has 0 aromatic rings. The van der Waals surface area contributed by atoms with Crippen LogP contribution in [0.3, 0.4) is 0 Å². The minimum Gasteiger partial charge on any atom is -0.303 e. The Morgan fingerprint density at radius 2 is 1.67 bits per heavy atom. The lowest BCUT2D eigenvalue weighted by Gasteiger charge is -2.34. The summed E-state index contributed by atoms with van der Waals surface area (Å²) in [5.74, 6) is 0.959. The standard InChI is InChI=1S/C11H23N/c1-10-5-7-12(8-6-10)9-11(2,3)4/h10H,5-9H2,1-4H3. The maximum absolute atomic E-state index is 2.61. The molecule has 1 fully saturated rings. The summed E-state index contributed by atoms with van der Waals surface area (Å²) in [6.45, 7) is 13.2. The fraction of sp³-hybridized carbons (Fsp3) is 1.00. The molecule has 0 spiro atoms. The SMILES string of the molecule is CC1CCN(CC(C)(C)C)CC1. The summed E-state index contributed by atoms with van der Waals surface area (Å²) in [5.41, 5.74) is 0.473. The highest BCUT2D eigenvalue weighted by Crippen LogP contribution is 2.21. The van der Waals surface area contributed by atoms with Crippen molar-refractivity contribution >= 4 is 0 Å². The Morgan fingerprint density at radius 3 is 2.08 bits per heavy atom. The van der Waals surface area contributed by atoms with E-state index in [1.165, 1.54) is 32.5 Å². The fourth-order valence-corrected chi connectivity index (χ4v) is 1.89. The summed E-state index contributed by atoms with van der Waals surface area (Å²) in [7, 11) is 0. The number of hydrogen-bond acceptors (Lipinski definition) is 1. The molecule has 1 heterocycles. The highest BCUT2D eigenvalue weighted by Gasteiger charge is 2.20. The van der Waals surface area contributed by atoms with Gasteiger partial charge < -0.3 is 4.90 Å². The van der Waals surface area contributed by atoms with Crippen molar-refractivity contribution in [2.24, 2.45) is 11.3 Å². The van der Waals surface area contributed by atoms with Crippen LogP contribution in [0.2, 0.25) is 0 Å². The molecule has 0 bridgehead atoms. The van der Waals surface area contributed by atoms with Gasteiger partial charge in [-0.2, -0.15) is 0 Å². The van der Waals surface area contributed by atoms with Gasteiger partial charge in [0.2, 0.25) is 0 Å². The topological polar surface area (TPSA) is 3.24 Å². The molecule has 1 saturated heterocycles. The van der Waals surface area contributed by atoms with Crippen LogP contribution in [0.4, 0.5) is 0 Å². The Morgan fingerprint density at radius 1 is 1.17 bits per heavy atom. The second kappa shape index (κ2) is 3.78. The van der Waals surface area contributed by atoms with Gasteiger partial charge in [0.25, 0.3) is 0 Å². The van der Waals surface area contributed by atoms with E-state index in [0.29, 0.717) is 5.41 Å². The summed E-state index contributed by atoms with van der Waals surface area (Å²) >= 11 is 0. The maximum atomic E-state index is 2.61. The highest BCUT2D eigenvalue weighted by molar-refractivity contribution is 4.74. The van der Waals surface area contributed by atoms with Crippen molar-refractivity contribution in [3.63, 3.8) is 0 Å². The molecule has 0 aromatic heterocycles. The van der Waals surface area contributed by atoms with Crippen LogP contribution >= 0.6 is 0 Å². The van der Waals surface area contributed by atoms with E-state index in [1.54, 1.807) is 0 Å². The molecule has 1 rings (SSSR count). The monoisotopic (exact) mass is 169 g/mol. The normalized spacial score (nSPS) is 23.0. The Balaban J connectivity index is 2.26. The molecule has 72 valence electrons. The summed E-state index contributed by atoms with van der Waals surface area (Å²) in [5, 5.41) is 0. The second-order valence-corrected chi connectivity index (χ2v) is 5.52. The van der Waals surface area contributed by atoms with Crippen molar-refractivity contribution in [2.75, 3.05) is 19.6 Å². The molecule has 1 nitrogen and oxygen atoms in total. The second-order valence-electron chi connectivity index (χ2n) is 5.52. The van der Waals surface area contributed by atoms with Crippen LogP contribution in [0, 0.1) is 11.3 Å². The third-order valence-corrected chi connectivity index (χ3v) is 2.57. The molecule has 1 heteroatoms. The Bertz CT molecular complexity index is 126. The molecule has 12 heavy (non-hydrogen) atoms. The molecule has 0 radical (unpaired) electrons. The zero-order chi connectivity index (χ0) is 9.19. The fourth-order valence-electron chi connectivity index (χ4n) is 1.89. The summed E-state index contributed by atoms with van der Waals surface area (Å²) < 4.78 is 0. The first-order valence-corrected chi connectivity index (χ1v) is 5.20.